The molecular formula is C15H24FN3OS. The van der Waals surface area contributed by atoms with Crippen LogP contribution in [0.1, 0.15) is 13.3 Å². The number of nitrogens with zero attached hydrogens (tertiary/aromatic N) is 1. The van der Waals surface area contributed by atoms with Gasteiger partial charge in [-0.05, 0) is 37.6 Å². The minimum absolute atomic E-state index is 0.199. The van der Waals surface area contributed by atoms with Crippen molar-refractivity contribution in [3.8, 4) is 0 Å². The van der Waals surface area contributed by atoms with Gasteiger partial charge < -0.3 is 15.4 Å². The van der Waals surface area contributed by atoms with Gasteiger partial charge in [-0.1, -0.05) is 0 Å². The second-order valence-electron chi connectivity index (χ2n) is 4.34. The molecule has 4 nitrogen and oxygen atoms in total. The molecule has 0 fully saturated rings. The normalized spacial score (nSPS) is 11.5. The summed E-state index contributed by atoms with van der Waals surface area (Å²) in [6.07, 6.45) is 0.914. The lowest BCUT2D eigenvalue weighted by atomic mass is 10.4. The molecule has 0 aliphatic heterocycles. The van der Waals surface area contributed by atoms with Gasteiger partial charge in [-0.15, -0.1) is 11.8 Å². The molecule has 0 unspecified atom stereocenters. The topological polar surface area (TPSA) is 45.7 Å². The lowest BCUT2D eigenvalue weighted by Gasteiger charge is -2.11. The maximum atomic E-state index is 12.8. The fraction of sp³-hybridized carbons (Fsp3) is 0.533. The smallest absolute Gasteiger partial charge is 0.191 e. The average molecular weight is 313 g/mol. The molecule has 21 heavy (non-hydrogen) atoms. The number of methoxy groups -OCH3 is 1. The summed E-state index contributed by atoms with van der Waals surface area (Å²) in [5.74, 6) is 1.53. The van der Waals surface area contributed by atoms with Crippen LogP contribution in [0.2, 0.25) is 0 Å². The number of hydrogen-bond donors (Lipinski definition) is 2. The lowest BCUT2D eigenvalue weighted by Crippen LogP contribution is -2.38. The fourth-order valence-corrected chi connectivity index (χ4v) is 2.38. The van der Waals surface area contributed by atoms with E-state index in [-0.39, 0.29) is 5.82 Å². The molecule has 0 aliphatic carbocycles. The first-order chi connectivity index (χ1) is 10.3. The largest absolute Gasteiger partial charge is 0.385 e. The predicted molar refractivity (Wildman–Crippen MR) is 87.6 cm³/mol. The SMILES string of the molecule is CCNC(=NCCCOC)NCCSc1ccc(F)cc1. The highest BCUT2D eigenvalue weighted by molar-refractivity contribution is 7.99. The Kier molecular flexibility index (Phi) is 9.65. The van der Waals surface area contributed by atoms with Crippen LogP contribution in [0.3, 0.4) is 0 Å². The number of guanidine groups is 1. The number of aliphatic imine (C=N–C) groups is 1. The molecule has 0 heterocycles. The zero-order valence-corrected chi connectivity index (χ0v) is 13.5. The van der Waals surface area contributed by atoms with Gasteiger partial charge >= 0.3 is 0 Å². The van der Waals surface area contributed by atoms with E-state index in [1.165, 1.54) is 12.1 Å². The van der Waals surface area contributed by atoms with Crippen molar-refractivity contribution < 1.29 is 9.13 Å². The van der Waals surface area contributed by atoms with Crippen molar-refractivity contribution in [2.45, 2.75) is 18.2 Å². The zero-order chi connectivity index (χ0) is 15.3. The summed E-state index contributed by atoms with van der Waals surface area (Å²) in [4.78, 5) is 5.53. The van der Waals surface area contributed by atoms with E-state index in [2.05, 4.69) is 15.6 Å². The maximum absolute atomic E-state index is 12.8. The first-order valence-electron chi connectivity index (χ1n) is 7.15. The van der Waals surface area contributed by atoms with Crippen molar-refractivity contribution in [1.29, 1.82) is 0 Å². The Balaban J connectivity index is 2.24. The number of thioether (sulfide) groups is 1. The molecule has 2 N–H and O–H groups in total. The quantitative estimate of drug-likeness (QED) is 0.318. The third-order valence-electron chi connectivity index (χ3n) is 2.60. The molecule has 0 radical (unpaired) electrons. The molecule has 1 aromatic rings. The van der Waals surface area contributed by atoms with E-state index in [4.69, 9.17) is 4.74 Å². The third-order valence-corrected chi connectivity index (χ3v) is 3.61. The molecule has 0 saturated heterocycles. The highest BCUT2D eigenvalue weighted by Gasteiger charge is 1.98. The summed E-state index contributed by atoms with van der Waals surface area (Å²) < 4.78 is 17.8. The van der Waals surface area contributed by atoms with Crippen molar-refractivity contribution in [3.63, 3.8) is 0 Å². The Hall–Kier alpha value is -1.27. The molecule has 0 spiro atoms. The number of benzene rings is 1. The van der Waals surface area contributed by atoms with Crippen LogP contribution < -0.4 is 10.6 Å². The van der Waals surface area contributed by atoms with Crippen molar-refractivity contribution in [2.24, 2.45) is 4.99 Å². The van der Waals surface area contributed by atoms with E-state index in [0.717, 1.165) is 49.3 Å². The first kappa shape index (κ1) is 17.8. The van der Waals surface area contributed by atoms with E-state index in [1.54, 1.807) is 31.0 Å². The van der Waals surface area contributed by atoms with Crippen LogP contribution in [-0.4, -0.2) is 45.1 Å². The number of hydrogen-bond acceptors (Lipinski definition) is 3. The van der Waals surface area contributed by atoms with Crippen LogP contribution in [0.15, 0.2) is 34.2 Å². The van der Waals surface area contributed by atoms with Gasteiger partial charge in [-0.3, -0.25) is 4.99 Å². The third kappa shape index (κ3) is 8.57. The standard InChI is InChI=1S/C15H24FN3OS/c1-3-17-15(18-9-4-11-20-2)19-10-12-21-14-7-5-13(16)6-8-14/h5-8H,3-4,9-12H2,1-2H3,(H2,17,18,19). The van der Waals surface area contributed by atoms with Gasteiger partial charge in [0.25, 0.3) is 0 Å². The summed E-state index contributed by atoms with van der Waals surface area (Å²) in [7, 11) is 1.69. The van der Waals surface area contributed by atoms with Crippen molar-refractivity contribution >= 4 is 17.7 Å². The highest BCUT2D eigenvalue weighted by Crippen LogP contribution is 2.17. The molecule has 0 amide bonds. The Morgan fingerprint density at radius 1 is 1.29 bits per heavy atom. The van der Waals surface area contributed by atoms with Crippen molar-refractivity contribution in [2.75, 3.05) is 39.1 Å². The van der Waals surface area contributed by atoms with Gasteiger partial charge in [0, 0.05) is 44.0 Å². The van der Waals surface area contributed by atoms with Gasteiger partial charge in [-0.2, -0.15) is 0 Å². The molecule has 0 aliphatic rings. The summed E-state index contributed by atoms with van der Waals surface area (Å²) in [5, 5.41) is 6.49. The van der Waals surface area contributed by atoms with Crippen LogP contribution in [0.4, 0.5) is 4.39 Å². The van der Waals surface area contributed by atoms with Gasteiger partial charge in [0.15, 0.2) is 5.96 Å². The maximum Gasteiger partial charge on any atom is 0.191 e. The monoisotopic (exact) mass is 313 g/mol. The predicted octanol–water partition coefficient (Wildman–Crippen LogP) is 2.51. The zero-order valence-electron chi connectivity index (χ0n) is 12.7. The minimum atomic E-state index is -0.199. The Bertz CT molecular complexity index is 412. The van der Waals surface area contributed by atoms with Gasteiger partial charge in [0.1, 0.15) is 5.82 Å². The van der Waals surface area contributed by atoms with Gasteiger partial charge in [-0.25, -0.2) is 4.39 Å². The molecule has 1 aromatic carbocycles. The molecule has 1 rings (SSSR count). The number of halogens is 1. The van der Waals surface area contributed by atoms with Crippen LogP contribution in [-0.2, 0) is 4.74 Å². The molecule has 118 valence electrons. The van der Waals surface area contributed by atoms with Crippen LogP contribution in [0.25, 0.3) is 0 Å². The molecule has 0 aromatic heterocycles. The lowest BCUT2D eigenvalue weighted by molar-refractivity contribution is 0.197. The van der Waals surface area contributed by atoms with E-state index in [0.29, 0.717) is 0 Å². The van der Waals surface area contributed by atoms with Crippen molar-refractivity contribution in [3.05, 3.63) is 30.1 Å². The molecule has 6 heteroatoms. The number of nitrogens with one attached hydrogen (secondary N) is 2. The Morgan fingerprint density at radius 3 is 2.71 bits per heavy atom. The molecular weight excluding hydrogens is 289 g/mol. The summed E-state index contributed by atoms with van der Waals surface area (Å²) >= 11 is 1.69. The number of rotatable bonds is 9. The first-order valence-corrected chi connectivity index (χ1v) is 8.14. The molecule has 0 atom stereocenters. The molecule has 0 bridgehead atoms. The van der Waals surface area contributed by atoms with Crippen LogP contribution in [0, 0.1) is 5.82 Å². The van der Waals surface area contributed by atoms with E-state index >= 15 is 0 Å². The highest BCUT2D eigenvalue weighted by atomic mass is 32.2. The van der Waals surface area contributed by atoms with E-state index in [9.17, 15) is 4.39 Å². The van der Waals surface area contributed by atoms with Crippen LogP contribution >= 0.6 is 11.8 Å². The second-order valence-corrected chi connectivity index (χ2v) is 5.50. The summed E-state index contributed by atoms with van der Waals surface area (Å²) in [6, 6.07) is 6.56. The number of ether oxygens (including phenoxy) is 1. The van der Waals surface area contributed by atoms with Crippen LogP contribution in [0.5, 0.6) is 0 Å². The van der Waals surface area contributed by atoms with E-state index in [1.807, 2.05) is 6.92 Å². The Morgan fingerprint density at radius 2 is 2.05 bits per heavy atom. The summed E-state index contributed by atoms with van der Waals surface area (Å²) in [6.45, 7) is 5.15. The Labute approximate surface area is 130 Å². The minimum Gasteiger partial charge on any atom is -0.385 e. The molecule has 0 saturated carbocycles. The fourth-order valence-electron chi connectivity index (χ4n) is 1.61. The average Bonchev–Trinajstić information content (AvgIpc) is 2.49. The van der Waals surface area contributed by atoms with Gasteiger partial charge in [0.05, 0.1) is 0 Å². The van der Waals surface area contributed by atoms with Gasteiger partial charge in [0.2, 0.25) is 0 Å². The second kappa shape index (κ2) is 11.4. The van der Waals surface area contributed by atoms with E-state index < -0.39 is 0 Å². The van der Waals surface area contributed by atoms with Crippen molar-refractivity contribution in [1.82, 2.24) is 10.6 Å². The summed E-state index contributed by atoms with van der Waals surface area (Å²) in [5.41, 5.74) is 0.